The van der Waals surface area contributed by atoms with Gasteiger partial charge in [0.15, 0.2) is 5.78 Å². The van der Waals surface area contributed by atoms with E-state index in [9.17, 15) is 23.2 Å². The molecule has 2 heterocycles. The van der Waals surface area contributed by atoms with E-state index in [0.29, 0.717) is 22.2 Å². The summed E-state index contributed by atoms with van der Waals surface area (Å²) in [7, 11) is 2.74. The maximum Gasteiger partial charge on any atom is 0.409 e. The van der Waals surface area contributed by atoms with Crippen molar-refractivity contribution in [3.8, 4) is 5.75 Å². The van der Waals surface area contributed by atoms with Crippen molar-refractivity contribution >= 4 is 40.3 Å². The number of nitrogens with one attached hydrogen (secondary N) is 1. The molecule has 1 N–H and O–H groups in total. The normalized spacial score (nSPS) is 19.0. The zero-order chi connectivity index (χ0) is 27.6. The van der Waals surface area contributed by atoms with E-state index in [1.165, 1.54) is 39.3 Å². The van der Waals surface area contributed by atoms with Crippen molar-refractivity contribution in [3.63, 3.8) is 0 Å². The van der Waals surface area contributed by atoms with Gasteiger partial charge in [0.2, 0.25) is 12.1 Å². The molecule has 38 heavy (non-hydrogen) atoms. The first-order valence-corrected chi connectivity index (χ1v) is 12.0. The second-order valence-electron chi connectivity index (χ2n) is 8.73. The van der Waals surface area contributed by atoms with Gasteiger partial charge in [-0.25, -0.2) is 13.6 Å². The number of ketones is 1. The third kappa shape index (κ3) is 5.44. The lowest BCUT2D eigenvalue weighted by Crippen LogP contribution is -2.46. The fourth-order valence-electron chi connectivity index (χ4n) is 4.44. The predicted octanol–water partition coefficient (Wildman–Crippen LogP) is 4.09. The third-order valence-electron chi connectivity index (χ3n) is 6.37. The molecule has 9 nitrogen and oxygen atoms in total. The van der Waals surface area contributed by atoms with Gasteiger partial charge < -0.3 is 29.0 Å². The van der Waals surface area contributed by atoms with Gasteiger partial charge in [0.25, 0.3) is 0 Å². The Morgan fingerprint density at radius 3 is 2.63 bits per heavy atom. The van der Waals surface area contributed by atoms with Crippen LogP contribution < -0.4 is 10.1 Å². The lowest BCUT2D eigenvalue weighted by atomic mass is 10.1. The first-order chi connectivity index (χ1) is 18.1. The Balaban J connectivity index is 1.53. The number of nitrogens with zero attached hydrogens (tertiary/aromatic N) is 2. The maximum absolute atomic E-state index is 14.8. The van der Waals surface area contributed by atoms with Gasteiger partial charge in [0.05, 0.1) is 24.2 Å². The van der Waals surface area contributed by atoms with Crippen molar-refractivity contribution in [2.75, 3.05) is 20.8 Å². The van der Waals surface area contributed by atoms with Crippen LogP contribution in [0.5, 0.6) is 5.75 Å². The molecule has 4 rings (SSSR count). The van der Waals surface area contributed by atoms with Crippen LogP contribution in [0.2, 0.25) is 5.02 Å². The van der Waals surface area contributed by atoms with Gasteiger partial charge in [-0.3, -0.25) is 9.59 Å². The van der Waals surface area contributed by atoms with Crippen LogP contribution in [-0.4, -0.2) is 66.5 Å². The number of fused-ring (bicyclic) bond motifs is 1. The van der Waals surface area contributed by atoms with Gasteiger partial charge in [-0.1, -0.05) is 23.7 Å². The van der Waals surface area contributed by atoms with E-state index < -0.39 is 36.3 Å². The average molecular weight is 550 g/mol. The molecule has 1 aromatic heterocycles. The molecule has 0 unspecified atom stereocenters. The quantitative estimate of drug-likeness (QED) is 0.425. The maximum atomic E-state index is 14.8. The van der Waals surface area contributed by atoms with Gasteiger partial charge in [0, 0.05) is 42.4 Å². The van der Waals surface area contributed by atoms with Crippen LogP contribution in [0.15, 0.2) is 42.6 Å². The molecular weight excluding hydrogens is 524 g/mol. The van der Waals surface area contributed by atoms with Crippen LogP contribution in [0.1, 0.15) is 22.8 Å². The lowest BCUT2D eigenvalue weighted by molar-refractivity contribution is -0.143. The standard InChI is InChI=1S/C26H26ClF2N3O6/c1-14(33)18-11-31(21-9-16(36-2)7-8-17(18)21)13-22(34)32-12-20(28)24(37-3)25(32)38-26(35)30-10-15-5-4-6-19(27)23(15)29/h4-9,11,20,24-25H,10,12-13H2,1-3H3,(H,30,35)/t20-,24+,25-/m0/s1. The molecule has 1 aliphatic rings. The number of alkyl carbamates (subject to hydrolysis) is 1. The second-order valence-corrected chi connectivity index (χ2v) is 9.14. The number of amides is 2. The predicted molar refractivity (Wildman–Crippen MR) is 134 cm³/mol. The van der Waals surface area contributed by atoms with Crippen molar-refractivity contribution in [2.24, 2.45) is 0 Å². The molecule has 0 spiro atoms. The molecular formula is C26H26ClF2N3O6. The zero-order valence-electron chi connectivity index (χ0n) is 20.9. The molecule has 2 amide bonds. The van der Waals surface area contributed by atoms with Crippen LogP contribution >= 0.6 is 11.6 Å². The summed E-state index contributed by atoms with van der Waals surface area (Å²) in [5.74, 6) is -0.922. The second kappa shape index (κ2) is 11.4. The summed E-state index contributed by atoms with van der Waals surface area (Å²) in [5.41, 5.74) is 1.10. The molecule has 1 saturated heterocycles. The van der Waals surface area contributed by atoms with Gasteiger partial charge in [-0.05, 0) is 25.1 Å². The summed E-state index contributed by atoms with van der Waals surface area (Å²) in [6, 6.07) is 9.45. The highest BCUT2D eigenvalue weighted by molar-refractivity contribution is 6.30. The minimum absolute atomic E-state index is 0.104. The number of halogens is 3. The number of rotatable bonds is 8. The van der Waals surface area contributed by atoms with Crippen molar-refractivity contribution in [3.05, 3.63) is 64.6 Å². The van der Waals surface area contributed by atoms with Gasteiger partial charge in [-0.15, -0.1) is 0 Å². The number of benzene rings is 2. The van der Waals surface area contributed by atoms with Gasteiger partial charge >= 0.3 is 6.09 Å². The van der Waals surface area contributed by atoms with Crippen LogP contribution in [0.25, 0.3) is 10.9 Å². The number of hydrogen-bond acceptors (Lipinski definition) is 6. The Kier molecular flexibility index (Phi) is 8.17. The summed E-state index contributed by atoms with van der Waals surface area (Å²) in [6.07, 6.45) is -3.69. The van der Waals surface area contributed by atoms with Gasteiger partial charge in [0.1, 0.15) is 30.4 Å². The largest absolute Gasteiger partial charge is 0.497 e. The minimum Gasteiger partial charge on any atom is -0.497 e. The number of carbonyl (C=O) groups is 3. The number of carbonyl (C=O) groups excluding carboxylic acids is 3. The summed E-state index contributed by atoms with van der Waals surface area (Å²) in [5, 5.41) is 2.91. The van der Waals surface area contributed by atoms with E-state index in [4.69, 9.17) is 25.8 Å². The number of alkyl halides is 1. The minimum atomic E-state index is -1.62. The molecule has 2 aromatic carbocycles. The average Bonchev–Trinajstić information content (AvgIpc) is 3.41. The van der Waals surface area contributed by atoms with Crippen molar-refractivity contribution in [2.45, 2.75) is 38.5 Å². The zero-order valence-corrected chi connectivity index (χ0v) is 21.6. The number of aromatic nitrogens is 1. The molecule has 0 saturated carbocycles. The highest BCUT2D eigenvalue weighted by Crippen LogP contribution is 2.29. The molecule has 0 aliphatic carbocycles. The number of Topliss-reactive ketones (excluding diaryl/α,β-unsaturated/α-hetero) is 1. The monoisotopic (exact) mass is 549 g/mol. The van der Waals surface area contributed by atoms with Crippen molar-refractivity contribution in [1.82, 2.24) is 14.8 Å². The fraction of sp³-hybridized carbons (Fsp3) is 0.346. The van der Waals surface area contributed by atoms with Crippen molar-refractivity contribution in [1.29, 1.82) is 0 Å². The Hall–Kier alpha value is -3.70. The SMILES string of the molecule is COc1ccc2c(C(C)=O)cn(CC(=O)N3C[C@H](F)[C@@H](OC)[C@@H]3OC(=O)NCc3cccc(Cl)c3F)c2c1. The van der Waals surface area contributed by atoms with E-state index in [1.807, 2.05) is 0 Å². The fourth-order valence-corrected chi connectivity index (χ4v) is 4.63. The van der Waals surface area contributed by atoms with Crippen molar-refractivity contribution < 1.29 is 37.4 Å². The number of methoxy groups -OCH3 is 2. The van der Waals surface area contributed by atoms with E-state index >= 15 is 0 Å². The first-order valence-electron chi connectivity index (χ1n) is 11.7. The first kappa shape index (κ1) is 27.3. The van der Waals surface area contributed by atoms with Crippen LogP contribution in [0, 0.1) is 5.82 Å². The van der Waals surface area contributed by atoms with E-state index in [-0.39, 0.29) is 36.0 Å². The smallest absolute Gasteiger partial charge is 0.409 e. The van der Waals surface area contributed by atoms with E-state index in [2.05, 4.69) is 5.32 Å². The number of hydrogen-bond donors (Lipinski definition) is 1. The molecule has 202 valence electrons. The topological polar surface area (TPSA) is 99.1 Å². The molecule has 0 bridgehead atoms. The van der Waals surface area contributed by atoms with Crippen LogP contribution in [0.3, 0.4) is 0 Å². The summed E-state index contributed by atoms with van der Waals surface area (Å²) in [6.45, 7) is 0.531. The van der Waals surface area contributed by atoms with Gasteiger partial charge in [-0.2, -0.15) is 0 Å². The van der Waals surface area contributed by atoms with Crippen LogP contribution in [0.4, 0.5) is 13.6 Å². The Bertz CT molecular complexity index is 1380. The Labute approximate surface area is 222 Å². The number of likely N-dealkylation sites (tertiary alicyclic amines) is 1. The lowest BCUT2D eigenvalue weighted by Gasteiger charge is -2.27. The Morgan fingerprint density at radius 1 is 1.18 bits per heavy atom. The highest BCUT2D eigenvalue weighted by Gasteiger charge is 2.47. The molecule has 1 aliphatic heterocycles. The molecule has 12 heteroatoms. The van der Waals surface area contributed by atoms with E-state index in [1.54, 1.807) is 29.0 Å². The van der Waals surface area contributed by atoms with E-state index in [0.717, 1.165) is 4.90 Å². The molecule has 0 radical (unpaired) electrons. The Morgan fingerprint density at radius 2 is 1.95 bits per heavy atom. The third-order valence-corrected chi connectivity index (χ3v) is 6.66. The molecule has 3 aromatic rings. The highest BCUT2D eigenvalue weighted by atomic mass is 35.5. The summed E-state index contributed by atoms with van der Waals surface area (Å²) < 4.78 is 46.3. The molecule has 3 atom stereocenters. The summed E-state index contributed by atoms with van der Waals surface area (Å²) in [4.78, 5) is 39.1. The summed E-state index contributed by atoms with van der Waals surface area (Å²) >= 11 is 5.76. The molecule has 1 fully saturated rings. The number of ether oxygens (including phenoxy) is 3. The van der Waals surface area contributed by atoms with Crippen LogP contribution in [-0.2, 0) is 27.4 Å².